The molecule has 3 N–H and O–H groups in total. The standard InChI is InChI=1S/C17H17ClN6OS/c18-11-1-3-12(4-2-11)20-17(25)24-8-6-23(7-9-24)14-13-5-10-26-15(13)22-16(19)21-14/h1-5,10H,6-9H2,(H,20,25)(H2,19,21,22). The maximum absolute atomic E-state index is 12.4. The van der Waals surface area contributed by atoms with Gasteiger partial charge < -0.3 is 20.9 Å². The van der Waals surface area contributed by atoms with Crippen LogP contribution in [-0.4, -0.2) is 47.1 Å². The first-order valence-electron chi connectivity index (χ1n) is 8.17. The fraction of sp³-hybridized carbons (Fsp3) is 0.235. The van der Waals surface area contributed by atoms with Gasteiger partial charge in [0.2, 0.25) is 5.95 Å². The number of piperazine rings is 1. The van der Waals surface area contributed by atoms with E-state index < -0.39 is 0 Å². The molecule has 0 radical (unpaired) electrons. The first kappa shape index (κ1) is 16.9. The highest BCUT2D eigenvalue weighted by molar-refractivity contribution is 7.16. The molecular formula is C17H17ClN6OS. The molecule has 0 aliphatic carbocycles. The van der Waals surface area contributed by atoms with Crippen molar-refractivity contribution in [2.24, 2.45) is 0 Å². The molecule has 2 aromatic heterocycles. The van der Waals surface area contributed by atoms with Crippen LogP contribution in [-0.2, 0) is 0 Å². The Hall–Kier alpha value is -2.58. The maximum Gasteiger partial charge on any atom is 0.321 e. The Kier molecular flexibility index (Phi) is 4.52. The number of thiophene rings is 1. The van der Waals surface area contributed by atoms with Gasteiger partial charge in [0.15, 0.2) is 0 Å². The molecule has 1 saturated heterocycles. The van der Waals surface area contributed by atoms with Crippen molar-refractivity contribution in [3.05, 3.63) is 40.7 Å². The number of halogens is 1. The van der Waals surface area contributed by atoms with Gasteiger partial charge in [-0.15, -0.1) is 11.3 Å². The van der Waals surface area contributed by atoms with E-state index in [-0.39, 0.29) is 12.0 Å². The molecule has 2 amide bonds. The van der Waals surface area contributed by atoms with E-state index in [9.17, 15) is 4.79 Å². The zero-order valence-electron chi connectivity index (χ0n) is 13.9. The number of rotatable bonds is 2. The second kappa shape index (κ2) is 6.97. The molecule has 7 nitrogen and oxygen atoms in total. The average Bonchev–Trinajstić information content (AvgIpc) is 3.11. The highest BCUT2D eigenvalue weighted by Gasteiger charge is 2.24. The van der Waals surface area contributed by atoms with Crippen LogP contribution in [0.4, 0.5) is 22.2 Å². The van der Waals surface area contributed by atoms with Crippen molar-refractivity contribution in [2.45, 2.75) is 0 Å². The third-order valence-electron chi connectivity index (χ3n) is 4.28. The van der Waals surface area contributed by atoms with Crippen LogP contribution in [0.5, 0.6) is 0 Å². The lowest BCUT2D eigenvalue weighted by atomic mass is 10.2. The summed E-state index contributed by atoms with van der Waals surface area (Å²) in [4.78, 5) is 25.9. The molecule has 0 spiro atoms. The number of anilines is 3. The monoisotopic (exact) mass is 388 g/mol. The number of carbonyl (C=O) groups is 1. The number of hydrogen-bond acceptors (Lipinski definition) is 6. The molecule has 3 aromatic rings. The van der Waals surface area contributed by atoms with Gasteiger partial charge in [-0.1, -0.05) is 11.6 Å². The summed E-state index contributed by atoms with van der Waals surface area (Å²) >= 11 is 7.41. The van der Waals surface area contributed by atoms with Crippen molar-refractivity contribution < 1.29 is 4.79 Å². The third kappa shape index (κ3) is 3.38. The Morgan fingerprint density at radius 2 is 1.85 bits per heavy atom. The molecule has 0 saturated carbocycles. The minimum absolute atomic E-state index is 0.116. The highest BCUT2D eigenvalue weighted by atomic mass is 35.5. The van der Waals surface area contributed by atoms with E-state index in [2.05, 4.69) is 20.2 Å². The molecule has 1 aromatic carbocycles. The number of amides is 2. The molecule has 134 valence electrons. The normalized spacial score (nSPS) is 14.7. The molecule has 1 fully saturated rings. The Bertz CT molecular complexity index is 936. The summed E-state index contributed by atoms with van der Waals surface area (Å²) < 4.78 is 0. The smallest absolute Gasteiger partial charge is 0.321 e. The van der Waals surface area contributed by atoms with E-state index in [1.807, 2.05) is 11.4 Å². The summed E-state index contributed by atoms with van der Waals surface area (Å²) in [5.74, 6) is 1.12. The number of nitrogens with two attached hydrogens (primary N) is 1. The van der Waals surface area contributed by atoms with Gasteiger partial charge in [-0.3, -0.25) is 0 Å². The van der Waals surface area contributed by atoms with E-state index >= 15 is 0 Å². The van der Waals surface area contributed by atoms with Crippen LogP contribution in [0.2, 0.25) is 5.02 Å². The highest BCUT2D eigenvalue weighted by Crippen LogP contribution is 2.29. The number of aromatic nitrogens is 2. The first-order chi connectivity index (χ1) is 12.6. The number of benzene rings is 1. The number of urea groups is 1. The summed E-state index contributed by atoms with van der Waals surface area (Å²) in [6, 6.07) is 8.96. The first-order valence-corrected chi connectivity index (χ1v) is 9.43. The van der Waals surface area contributed by atoms with E-state index in [0.717, 1.165) is 21.7 Å². The van der Waals surface area contributed by atoms with Gasteiger partial charge in [-0.25, -0.2) is 9.78 Å². The SMILES string of the molecule is Nc1nc(N2CCN(C(=O)Nc3ccc(Cl)cc3)CC2)c2ccsc2n1. The van der Waals surface area contributed by atoms with Gasteiger partial charge in [-0.2, -0.15) is 4.98 Å². The Labute approximate surface area is 159 Å². The minimum atomic E-state index is -0.116. The van der Waals surface area contributed by atoms with Crippen molar-refractivity contribution in [2.75, 3.05) is 42.1 Å². The zero-order chi connectivity index (χ0) is 18.1. The number of nitrogens with one attached hydrogen (secondary N) is 1. The van der Waals surface area contributed by atoms with E-state index in [1.54, 1.807) is 40.5 Å². The van der Waals surface area contributed by atoms with Crippen LogP contribution in [0.1, 0.15) is 0 Å². The van der Waals surface area contributed by atoms with Crippen LogP contribution < -0.4 is 16.0 Å². The summed E-state index contributed by atoms with van der Waals surface area (Å²) in [6.45, 7) is 2.59. The van der Waals surface area contributed by atoms with Gasteiger partial charge >= 0.3 is 6.03 Å². The number of nitrogen functional groups attached to an aromatic ring is 1. The average molecular weight is 389 g/mol. The quantitative estimate of drug-likeness (QED) is 0.703. The molecule has 0 bridgehead atoms. The van der Waals surface area contributed by atoms with Crippen molar-refractivity contribution in [3.63, 3.8) is 0 Å². The van der Waals surface area contributed by atoms with Crippen LogP contribution in [0.3, 0.4) is 0 Å². The number of fused-ring (bicyclic) bond motifs is 1. The van der Waals surface area contributed by atoms with Gasteiger partial charge in [0.1, 0.15) is 10.6 Å². The fourth-order valence-corrected chi connectivity index (χ4v) is 3.85. The van der Waals surface area contributed by atoms with Gasteiger partial charge in [-0.05, 0) is 35.7 Å². The lowest BCUT2D eigenvalue weighted by Gasteiger charge is -2.35. The van der Waals surface area contributed by atoms with Gasteiger partial charge in [0.25, 0.3) is 0 Å². The third-order valence-corrected chi connectivity index (χ3v) is 5.34. The topological polar surface area (TPSA) is 87.4 Å². The van der Waals surface area contributed by atoms with Crippen LogP contribution in [0, 0.1) is 0 Å². The molecule has 0 unspecified atom stereocenters. The fourth-order valence-electron chi connectivity index (χ4n) is 2.95. The van der Waals surface area contributed by atoms with Crippen LogP contribution in [0.15, 0.2) is 35.7 Å². The molecule has 0 atom stereocenters. The molecule has 9 heteroatoms. The van der Waals surface area contributed by atoms with Crippen molar-refractivity contribution in [1.29, 1.82) is 0 Å². The molecule has 3 heterocycles. The van der Waals surface area contributed by atoms with Crippen LogP contribution in [0.25, 0.3) is 10.2 Å². The number of carbonyl (C=O) groups excluding carboxylic acids is 1. The van der Waals surface area contributed by atoms with E-state index in [0.29, 0.717) is 31.2 Å². The number of hydrogen-bond donors (Lipinski definition) is 2. The lowest BCUT2D eigenvalue weighted by Crippen LogP contribution is -2.50. The van der Waals surface area contributed by atoms with E-state index in [4.69, 9.17) is 17.3 Å². The van der Waals surface area contributed by atoms with Crippen molar-refractivity contribution in [1.82, 2.24) is 14.9 Å². The summed E-state index contributed by atoms with van der Waals surface area (Å²) in [7, 11) is 0. The molecule has 1 aliphatic heterocycles. The zero-order valence-corrected chi connectivity index (χ0v) is 15.4. The molecule has 4 rings (SSSR count). The Morgan fingerprint density at radius 3 is 2.58 bits per heavy atom. The maximum atomic E-state index is 12.4. The Morgan fingerprint density at radius 1 is 1.12 bits per heavy atom. The molecule has 26 heavy (non-hydrogen) atoms. The van der Waals surface area contributed by atoms with Crippen molar-refractivity contribution in [3.8, 4) is 0 Å². The summed E-state index contributed by atoms with van der Waals surface area (Å²) in [6.07, 6.45) is 0. The van der Waals surface area contributed by atoms with Gasteiger partial charge in [0, 0.05) is 36.9 Å². The molecule has 1 aliphatic rings. The van der Waals surface area contributed by atoms with E-state index in [1.165, 1.54) is 0 Å². The molecular weight excluding hydrogens is 372 g/mol. The summed E-state index contributed by atoms with van der Waals surface area (Å²) in [5.41, 5.74) is 6.56. The predicted octanol–water partition coefficient (Wildman–Crippen LogP) is 3.28. The second-order valence-electron chi connectivity index (χ2n) is 5.96. The second-order valence-corrected chi connectivity index (χ2v) is 7.29. The van der Waals surface area contributed by atoms with Crippen molar-refractivity contribution >= 4 is 56.6 Å². The minimum Gasteiger partial charge on any atom is -0.368 e. The largest absolute Gasteiger partial charge is 0.368 e. The predicted molar refractivity (Wildman–Crippen MR) is 106 cm³/mol. The Balaban J connectivity index is 1.42. The van der Waals surface area contributed by atoms with Gasteiger partial charge in [0.05, 0.1) is 5.39 Å². The lowest BCUT2D eigenvalue weighted by molar-refractivity contribution is 0.208. The van der Waals surface area contributed by atoms with Crippen LogP contribution >= 0.6 is 22.9 Å². The summed E-state index contributed by atoms with van der Waals surface area (Å²) in [5, 5.41) is 6.52. The number of nitrogens with zero attached hydrogens (tertiary/aromatic N) is 4.